The molecule has 7 heteroatoms. The van der Waals surface area contributed by atoms with E-state index in [1.165, 1.54) is 16.8 Å². The summed E-state index contributed by atoms with van der Waals surface area (Å²) in [5.74, 6) is -0.356. The van der Waals surface area contributed by atoms with Crippen LogP contribution in [0.25, 0.3) is 0 Å². The molecule has 0 aliphatic carbocycles. The van der Waals surface area contributed by atoms with Crippen molar-refractivity contribution in [3.63, 3.8) is 0 Å². The second kappa shape index (κ2) is 6.84. The topological polar surface area (TPSA) is 90.4 Å². The monoisotopic (exact) mass is 330 g/mol. The smallest absolute Gasteiger partial charge is 0.338 e. The highest BCUT2D eigenvalue weighted by Crippen LogP contribution is 2.33. The maximum atomic E-state index is 12.0. The normalized spacial score (nSPS) is 23.1. The molecule has 1 aromatic carbocycles. The zero-order valence-electron chi connectivity index (χ0n) is 13.2. The SMILES string of the molecule is C[C@H]1C[C@@H](COC(=O)c2ccccc2)O[C@H]1n1ccc(=O)[nH]c1=O. The number of H-pyrrole nitrogens is 1. The van der Waals surface area contributed by atoms with Gasteiger partial charge in [0.05, 0.1) is 11.7 Å². The van der Waals surface area contributed by atoms with Gasteiger partial charge in [-0.1, -0.05) is 25.1 Å². The quantitative estimate of drug-likeness (QED) is 0.854. The van der Waals surface area contributed by atoms with E-state index in [4.69, 9.17) is 9.47 Å². The molecule has 126 valence electrons. The molecular formula is C17H18N2O5. The summed E-state index contributed by atoms with van der Waals surface area (Å²) in [7, 11) is 0. The maximum absolute atomic E-state index is 12.0. The molecule has 0 radical (unpaired) electrons. The number of hydrogen-bond donors (Lipinski definition) is 1. The number of nitrogens with one attached hydrogen (secondary N) is 1. The molecule has 2 heterocycles. The maximum Gasteiger partial charge on any atom is 0.338 e. The van der Waals surface area contributed by atoms with Gasteiger partial charge in [-0.3, -0.25) is 14.3 Å². The molecule has 0 bridgehead atoms. The number of benzene rings is 1. The van der Waals surface area contributed by atoms with E-state index in [0.717, 1.165) is 0 Å². The van der Waals surface area contributed by atoms with E-state index in [2.05, 4.69) is 4.98 Å². The summed E-state index contributed by atoms with van der Waals surface area (Å²) >= 11 is 0. The number of aromatic nitrogens is 2. The van der Waals surface area contributed by atoms with Gasteiger partial charge < -0.3 is 9.47 Å². The minimum Gasteiger partial charge on any atom is -0.459 e. The van der Waals surface area contributed by atoms with E-state index in [1.807, 2.05) is 13.0 Å². The Morgan fingerprint density at radius 2 is 2.04 bits per heavy atom. The van der Waals surface area contributed by atoms with Crippen molar-refractivity contribution in [1.29, 1.82) is 0 Å². The largest absolute Gasteiger partial charge is 0.459 e. The molecule has 1 fully saturated rings. The highest BCUT2D eigenvalue weighted by Gasteiger charge is 2.34. The van der Waals surface area contributed by atoms with Crippen LogP contribution in [0.5, 0.6) is 0 Å². The minimum absolute atomic E-state index is 0.0500. The Balaban J connectivity index is 1.63. The predicted molar refractivity (Wildman–Crippen MR) is 85.7 cm³/mol. The summed E-state index contributed by atoms with van der Waals surface area (Å²) in [5.41, 5.74) is -0.478. The molecule has 0 amide bonds. The Morgan fingerprint density at radius 1 is 1.29 bits per heavy atom. The van der Waals surface area contributed by atoms with E-state index < -0.39 is 23.4 Å². The van der Waals surface area contributed by atoms with Crippen molar-refractivity contribution < 1.29 is 14.3 Å². The average Bonchev–Trinajstić information content (AvgIpc) is 2.94. The molecule has 0 unspecified atom stereocenters. The molecule has 3 atom stereocenters. The molecule has 7 nitrogen and oxygen atoms in total. The van der Waals surface area contributed by atoms with Crippen molar-refractivity contribution in [3.05, 3.63) is 69.0 Å². The van der Waals surface area contributed by atoms with Crippen molar-refractivity contribution >= 4 is 5.97 Å². The first-order valence-electron chi connectivity index (χ1n) is 7.73. The average molecular weight is 330 g/mol. The van der Waals surface area contributed by atoms with Gasteiger partial charge in [-0.05, 0) is 18.6 Å². The molecule has 1 saturated heterocycles. The van der Waals surface area contributed by atoms with Crippen LogP contribution in [0.4, 0.5) is 0 Å². The third kappa shape index (κ3) is 3.46. The summed E-state index contributed by atoms with van der Waals surface area (Å²) in [6.07, 6.45) is 1.28. The lowest BCUT2D eigenvalue weighted by molar-refractivity contribution is -0.0411. The zero-order valence-corrected chi connectivity index (χ0v) is 13.2. The second-order valence-electron chi connectivity index (χ2n) is 5.84. The van der Waals surface area contributed by atoms with Crippen molar-refractivity contribution in [2.45, 2.75) is 25.7 Å². The highest BCUT2D eigenvalue weighted by molar-refractivity contribution is 5.89. The van der Waals surface area contributed by atoms with Crippen LogP contribution in [0.1, 0.15) is 29.9 Å². The fraction of sp³-hybridized carbons (Fsp3) is 0.353. The molecule has 2 aromatic rings. The van der Waals surface area contributed by atoms with Crippen LogP contribution in [0.3, 0.4) is 0 Å². The lowest BCUT2D eigenvalue weighted by Crippen LogP contribution is -2.33. The Hall–Kier alpha value is -2.67. The van der Waals surface area contributed by atoms with Crippen molar-refractivity contribution in [2.24, 2.45) is 5.92 Å². The third-order valence-corrected chi connectivity index (χ3v) is 3.99. The Morgan fingerprint density at radius 3 is 2.75 bits per heavy atom. The van der Waals surface area contributed by atoms with Crippen LogP contribution in [0.2, 0.25) is 0 Å². The second-order valence-corrected chi connectivity index (χ2v) is 5.84. The molecule has 0 spiro atoms. The van der Waals surface area contributed by atoms with Crippen LogP contribution < -0.4 is 11.2 Å². The van der Waals surface area contributed by atoms with Gasteiger partial charge in [0, 0.05) is 18.2 Å². The lowest BCUT2D eigenvalue weighted by atomic mass is 10.1. The number of ether oxygens (including phenoxy) is 2. The summed E-state index contributed by atoms with van der Waals surface area (Å²) in [6.45, 7) is 2.06. The Labute approximate surface area is 137 Å². The predicted octanol–water partition coefficient (Wildman–Crippen LogP) is 1.32. The van der Waals surface area contributed by atoms with Gasteiger partial charge in [0.15, 0.2) is 0 Å². The Bertz CT molecular complexity index is 827. The first-order valence-corrected chi connectivity index (χ1v) is 7.73. The summed E-state index contributed by atoms with van der Waals surface area (Å²) in [5, 5.41) is 0. The van der Waals surface area contributed by atoms with Gasteiger partial charge >= 0.3 is 11.7 Å². The van der Waals surface area contributed by atoms with Crippen LogP contribution in [0, 0.1) is 5.92 Å². The summed E-state index contributed by atoms with van der Waals surface area (Å²) < 4.78 is 12.5. The molecule has 0 saturated carbocycles. The van der Waals surface area contributed by atoms with Crippen molar-refractivity contribution in [1.82, 2.24) is 9.55 Å². The standard InChI is InChI=1S/C17H18N2O5/c1-11-9-13(10-23-16(21)12-5-3-2-4-6-12)24-15(11)19-8-7-14(20)18-17(19)22/h2-8,11,13,15H,9-10H2,1H3,(H,18,20,22)/t11-,13-,15+/m0/s1. The van der Waals surface area contributed by atoms with E-state index in [-0.39, 0.29) is 18.6 Å². The molecule has 3 rings (SSSR count). The fourth-order valence-electron chi connectivity index (χ4n) is 2.82. The summed E-state index contributed by atoms with van der Waals surface area (Å²) in [4.78, 5) is 37.2. The number of aromatic amines is 1. The molecule has 24 heavy (non-hydrogen) atoms. The van der Waals surface area contributed by atoms with Crippen LogP contribution in [-0.4, -0.2) is 28.2 Å². The van der Waals surface area contributed by atoms with Crippen LogP contribution in [-0.2, 0) is 9.47 Å². The van der Waals surface area contributed by atoms with Gasteiger partial charge in [-0.15, -0.1) is 0 Å². The number of rotatable bonds is 4. The zero-order chi connectivity index (χ0) is 17.1. The minimum atomic E-state index is -0.513. The van der Waals surface area contributed by atoms with Gasteiger partial charge in [0.1, 0.15) is 12.8 Å². The molecule has 1 N–H and O–H groups in total. The first kappa shape index (κ1) is 16.2. The third-order valence-electron chi connectivity index (χ3n) is 3.99. The van der Waals surface area contributed by atoms with Crippen LogP contribution in [0.15, 0.2) is 52.2 Å². The Kier molecular flexibility index (Phi) is 4.61. The van der Waals surface area contributed by atoms with E-state index in [0.29, 0.717) is 12.0 Å². The van der Waals surface area contributed by atoms with Gasteiger partial charge in [0.2, 0.25) is 0 Å². The van der Waals surface area contributed by atoms with E-state index in [1.54, 1.807) is 24.3 Å². The van der Waals surface area contributed by atoms with Gasteiger partial charge in [0.25, 0.3) is 5.56 Å². The fourth-order valence-corrected chi connectivity index (χ4v) is 2.82. The summed E-state index contributed by atoms with van der Waals surface area (Å²) in [6, 6.07) is 10.0. The first-order chi connectivity index (χ1) is 11.5. The highest BCUT2D eigenvalue weighted by atomic mass is 16.6. The number of hydrogen-bond acceptors (Lipinski definition) is 5. The van der Waals surface area contributed by atoms with Crippen LogP contribution >= 0.6 is 0 Å². The molecule has 1 aromatic heterocycles. The van der Waals surface area contributed by atoms with Crippen molar-refractivity contribution in [3.8, 4) is 0 Å². The number of carbonyl (C=O) groups is 1. The number of nitrogens with zero attached hydrogens (tertiary/aromatic N) is 1. The van der Waals surface area contributed by atoms with Gasteiger partial charge in [-0.2, -0.15) is 0 Å². The van der Waals surface area contributed by atoms with Crippen molar-refractivity contribution in [2.75, 3.05) is 6.61 Å². The number of esters is 1. The molecule has 1 aliphatic heterocycles. The van der Waals surface area contributed by atoms with E-state index in [9.17, 15) is 14.4 Å². The van der Waals surface area contributed by atoms with E-state index >= 15 is 0 Å². The number of carbonyl (C=O) groups excluding carboxylic acids is 1. The molecular weight excluding hydrogens is 312 g/mol. The van der Waals surface area contributed by atoms with Gasteiger partial charge in [-0.25, -0.2) is 9.59 Å². The lowest BCUT2D eigenvalue weighted by Gasteiger charge is -2.17. The molecule has 1 aliphatic rings.